The zero-order valence-electron chi connectivity index (χ0n) is 14.0. The first-order valence-electron chi connectivity index (χ1n) is 8.00. The summed E-state index contributed by atoms with van der Waals surface area (Å²) < 4.78 is 0. The van der Waals surface area contributed by atoms with Gasteiger partial charge in [-0.25, -0.2) is 0 Å². The van der Waals surface area contributed by atoms with E-state index in [9.17, 15) is 0 Å². The molecule has 3 rings (SSSR count). The monoisotopic (exact) mass is 381 g/mol. The van der Waals surface area contributed by atoms with E-state index in [1.54, 1.807) is 12.3 Å². The van der Waals surface area contributed by atoms with E-state index in [4.69, 9.17) is 28.9 Å². The summed E-state index contributed by atoms with van der Waals surface area (Å²) in [6.07, 6.45) is 2.30. The number of anilines is 1. The van der Waals surface area contributed by atoms with Gasteiger partial charge in [0, 0.05) is 39.6 Å². The average Bonchev–Trinajstić information content (AvgIpc) is 2.63. The number of hydrogen-bond acceptors (Lipinski definition) is 3. The normalized spacial score (nSPS) is 11.0. The van der Waals surface area contributed by atoms with E-state index in [1.165, 1.54) is 0 Å². The second kappa shape index (κ2) is 8.17. The van der Waals surface area contributed by atoms with Crippen LogP contribution >= 0.6 is 23.2 Å². The Bertz CT molecular complexity index is 980. The highest BCUT2D eigenvalue weighted by molar-refractivity contribution is 6.35. The van der Waals surface area contributed by atoms with Crippen LogP contribution in [0.3, 0.4) is 0 Å². The van der Waals surface area contributed by atoms with E-state index < -0.39 is 0 Å². The Labute approximate surface area is 162 Å². The van der Waals surface area contributed by atoms with Gasteiger partial charge in [0.05, 0.1) is 11.4 Å². The number of benzene rings is 2. The summed E-state index contributed by atoms with van der Waals surface area (Å²) >= 11 is 12.2. The van der Waals surface area contributed by atoms with Crippen LogP contribution in [0, 0.1) is 0 Å². The summed E-state index contributed by atoms with van der Waals surface area (Å²) in [6, 6.07) is 18.7. The van der Waals surface area contributed by atoms with Crippen molar-refractivity contribution in [3.63, 3.8) is 0 Å². The lowest BCUT2D eigenvalue weighted by Crippen LogP contribution is -1.97. The molecular weight excluding hydrogens is 365 g/mol. The van der Waals surface area contributed by atoms with Gasteiger partial charge in [-0.1, -0.05) is 60.1 Å². The van der Waals surface area contributed by atoms with E-state index in [0.29, 0.717) is 33.5 Å². The predicted octanol–water partition coefficient (Wildman–Crippen LogP) is 5.65. The molecule has 2 N–H and O–H groups in total. The van der Waals surface area contributed by atoms with E-state index in [1.807, 2.05) is 54.6 Å². The molecule has 130 valence electrons. The molecule has 2 aromatic carbocycles. The van der Waals surface area contributed by atoms with Crippen molar-refractivity contribution in [3.05, 3.63) is 99.8 Å². The average molecular weight is 382 g/mol. The van der Waals surface area contributed by atoms with Crippen molar-refractivity contribution >= 4 is 40.8 Å². The quantitative estimate of drug-likeness (QED) is 0.458. The van der Waals surface area contributed by atoms with Gasteiger partial charge in [-0.15, -0.1) is 0 Å². The lowest BCUT2D eigenvalue weighted by molar-refractivity contribution is 1.06. The van der Waals surface area contributed by atoms with Gasteiger partial charge in [-0.05, 0) is 35.9 Å². The van der Waals surface area contributed by atoms with Gasteiger partial charge >= 0.3 is 0 Å². The Morgan fingerprint density at radius 2 is 1.88 bits per heavy atom. The maximum absolute atomic E-state index is 6.25. The highest BCUT2D eigenvalue weighted by Crippen LogP contribution is 2.23. The smallest absolute Gasteiger partial charge is 0.0883 e. The molecule has 0 radical (unpaired) electrons. The Morgan fingerprint density at radius 3 is 2.65 bits per heavy atom. The zero-order chi connectivity index (χ0) is 18.5. The van der Waals surface area contributed by atoms with Crippen LogP contribution in [-0.4, -0.2) is 11.2 Å². The van der Waals surface area contributed by atoms with Crippen molar-refractivity contribution in [3.8, 4) is 0 Å². The maximum atomic E-state index is 6.25. The molecule has 5 heteroatoms. The highest BCUT2D eigenvalue weighted by Gasteiger charge is 2.06. The van der Waals surface area contributed by atoms with Crippen LogP contribution in [0.1, 0.15) is 22.5 Å². The second-order valence-electron chi connectivity index (χ2n) is 5.76. The number of hydrogen-bond donors (Lipinski definition) is 1. The molecule has 3 nitrogen and oxygen atoms in total. The Hall–Kier alpha value is -2.62. The van der Waals surface area contributed by atoms with Crippen LogP contribution in [-0.2, 0) is 6.42 Å². The van der Waals surface area contributed by atoms with Gasteiger partial charge < -0.3 is 5.73 Å². The highest BCUT2D eigenvalue weighted by atomic mass is 35.5. The predicted molar refractivity (Wildman–Crippen MR) is 111 cm³/mol. The third-order valence-electron chi connectivity index (χ3n) is 3.84. The largest absolute Gasteiger partial charge is 0.398 e. The Kier molecular flexibility index (Phi) is 5.71. The number of nitrogens with zero attached hydrogens (tertiary/aromatic N) is 2. The van der Waals surface area contributed by atoms with Gasteiger partial charge in [0.2, 0.25) is 0 Å². The molecule has 26 heavy (non-hydrogen) atoms. The number of nitrogen functional groups attached to an aromatic ring is 1. The maximum Gasteiger partial charge on any atom is 0.0883 e. The summed E-state index contributed by atoms with van der Waals surface area (Å²) in [5.74, 6) is 0. The third kappa shape index (κ3) is 4.51. The SMILES string of the molecule is C=C(/N=C\c1ccccc1N)c1cccc(Cc2ccc(Cl)cc2Cl)n1. The number of pyridine rings is 1. The Balaban J connectivity index is 1.78. The van der Waals surface area contributed by atoms with Gasteiger partial charge in [-0.3, -0.25) is 9.98 Å². The summed E-state index contributed by atoms with van der Waals surface area (Å²) in [7, 11) is 0. The van der Waals surface area contributed by atoms with Crippen molar-refractivity contribution in [2.45, 2.75) is 6.42 Å². The molecule has 0 aliphatic rings. The van der Waals surface area contributed by atoms with Crippen molar-refractivity contribution in [2.24, 2.45) is 4.99 Å². The minimum atomic E-state index is 0.567. The number of aromatic nitrogens is 1. The molecule has 0 fully saturated rings. The standard InChI is InChI=1S/C21H17Cl2N3/c1-14(25-13-16-5-2-3-7-20(16)24)21-8-4-6-18(26-21)11-15-9-10-17(22)12-19(15)23/h2-10,12-13H,1,11,24H2/b25-13-. The van der Waals surface area contributed by atoms with Crippen LogP contribution in [0.2, 0.25) is 10.0 Å². The molecule has 0 amide bonds. The molecule has 0 atom stereocenters. The third-order valence-corrected chi connectivity index (χ3v) is 4.43. The fourth-order valence-electron chi connectivity index (χ4n) is 2.44. The van der Waals surface area contributed by atoms with Crippen LogP contribution in [0.25, 0.3) is 5.70 Å². The fraction of sp³-hybridized carbons (Fsp3) is 0.0476. The molecule has 0 saturated carbocycles. The van der Waals surface area contributed by atoms with Crippen LogP contribution < -0.4 is 5.73 Å². The van der Waals surface area contributed by atoms with Crippen LogP contribution in [0.4, 0.5) is 5.69 Å². The van der Waals surface area contributed by atoms with Crippen molar-refractivity contribution in [2.75, 3.05) is 5.73 Å². The molecule has 1 aromatic heterocycles. The van der Waals surface area contributed by atoms with Gasteiger partial charge in [0.1, 0.15) is 0 Å². The number of aliphatic imine (C=N–C) groups is 1. The van der Waals surface area contributed by atoms with Crippen molar-refractivity contribution in [1.82, 2.24) is 4.98 Å². The topological polar surface area (TPSA) is 51.3 Å². The van der Waals surface area contributed by atoms with E-state index in [-0.39, 0.29) is 0 Å². The first-order chi connectivity index (χ1) is 12.5. The first-order valence-corrected chi connectivity index (χ1v) is 8.76. The molecule has 0 aliphatic carbocycles. The summed E-state index contributed by atoms with van der Waals surface area (Å²) in [5.41, 5.74) is 10.6. The van der Waals surface area contributed by atoms with Crippen LogP contribution in [0.5, 0.6) is 0 Å². The van der Waals surface area contributed by atoms with Crippen molar-refractivity contribution < 1.29 is 0 Å². The molecular formula is C21H17Cl2N3. The molecule has 1 heterocycles. The van der Waals surface area contributed by atoms with Gasteiger partial charge in [0.15, 0.2) is 0 Å². The molecule has 0 unspecified atom stereocenters. The lowest BCUT2D eigenvalue weighted by atomic mass is 10.1. The van der Waals surface area contributed by atoms with E-state index in [0.717, 1.165) is 16.8 Å². The minimum Gasteiger partial charge on any atom is -0.398 e. The van der Waals surface area contributed by atoms with E-state index in [2.05, 4.69) is 16.6 Å². The molecule has 0 bridgehead atoms. The van der Waals surface area contributed by atoms with Crippen LogP contribution in [0.15, 0.2) is 72.2 Å². The summed E-state index contributed by atoms with van der Waals surface area (Å²) in [5, 5.41) is 1.24. The molecule has 0 spiro atoms. The zero-order valence-corrected chi connectivity index (χ0v) is 15.5. The molecule has 3 aromatic rings. The molecule has 0 saturated heterocycles. The number of para-hydroxylation sites is 1. The number of nitrogens with two attached hydrogens (primary N) is 1. The van der Waals surface area contributed by atoms with Crippen molar-refractivity contribution in [1.29, 1.82) is 0 Å². The Morgan fingerprint density at radius 1 is 1.08 bits per heavy atom. The van der Waals surface area contributed by atoms with E-state index >= 15 is 0 Å². The summed E-state index contributed by atoms with van der Waals surface area (Å²) in [4.78, 5) is 9.03. The lowest BCUT2D eigenvalue weighted by Gasteiger charge is -2.07. The molecule has 0 aliphatic heterocycles. The minimum absolute atomic E-state index is 0.567. The van der Waals surface area contributed by atoms with Gasteiger partial charge in [0.25, 0.3) is 0 Å². The fourth-order valence-corrected chi connectivity index (χ4v) is 2.92. The number of halogens is 2. The summed E-state index contributed by atoms with van der Waals surface area (Å²) in [6.45, 7) is 4.00. The second-order valence-corrected chi connectivity index (χ2v) is 6.60. The first kappa shape index (κ1) is 18.2. The van der Waals surface area contributed by atoms with Gasteiger partial charge in [-0.2, -0.15) is 0 Å². The number of rotatable bonds is 5.